The molecule has 0 aromatic carbocycles. The molecule has 1 aromatic heterocycles. The fourth-order valence-corrected chi connectivity index (χ4v) is 3.27. The largest absolute Gasteiger partial charge is 0.384 e. The van der Waals surface area contributed by atoms with Gasteiger partial charge in [-0.15, -0.1) is 0 Å². The third kappa shape index (κ3) is 3.51. The van der Waals surface area contributed by atoms with Crippen molar-refractivity contribution in [3.05, 3.63) is 23.5 Å². The number of nitrogens with one attached hydrogen (secondary N) is 1. The van der Waals surface area contributed by atoms with Crippen molar-refractivity contribution in [1.82, 2.24) is 15.3 Å². The number of rotatable bonds is 5. The van der Waals surface area contributed by atoms with Crippen LogP contribution in [0.1, 0.15) is 32.6 Å². The van der Waals surface area contributed by atoms with Gasteiger partial charge in [0.15, 0.2) is 0 Å². The number of nitrogens with zero attached hydrogens (tertiary/aromatic N) is 3. The second kappa shape index (κ2) is 7.17. The molecule has 24 heavy (non-hydrogen) atoms. The van der Waals surface area contributed by atoms with Gasteiger partial charge in [-0.05, 0) is 32.6 Å². The van der Waals surface area contributed by atoms with E-state index in [1.165, 1.54) is 18.3 Å². The highest BCUT2D eigenvalue weighted by Gasteiger charge is 2.33. The summed E-state index contributed by atoms with van der Waals surface area (Å²) in [6, 6.07) is 1.89. The topological polar surface area (TPSA) is 93.4 Å². The number of carbonyl (C=O) groups is 1. The van der Waals surface area contributed by atoms with Crippen LogP contribution in [0.3, 0.4) is 0 Å². The molecule has 0 bridgehead atoms. The lowest BCUT2D eigenvalue weighted by Crippen LogP contribution is -2.41. The smallest absolute Gasteiger partial charge is 0.246 e. The van der Waals surface area contributed by atoms with Crippen molar-refractivity contribution < 1.29 is 9.53 Å². The van der Waals surface area contributed by atoms with Gasteiger partial charge < -0.3 is 20.7 Å². The molecule has 2 fully saturated rings. The summed E-state index contributed by atoms with van der Waals surface area (Å²) in [5.41, 5.74) is 7.93. The molecular formula is C17H25N5O2. The SMILES string of the molecule is CO[C@@H]1C[C@H](CNC(=O)C(C)=C2CCC2)N(c2cc(N)ncn2)C1. The third-order valence-electron chi connectivity index (χ3n) is 5.00. The molecule has 3 rings (SSSR count). The molecule has 2 atom stereocenters. The number of allylic oxidation sites excluding steroid dienone is 1. The maximum atomic E-state index is 12.3. The van der Waals surface area contributed by atoms with Gasteiger partial charge in [0.25, 0.3) is 0 Å². The number of ether oxygens (including phenoxy) is 1. The molecule has 7 heteroatoms. The predicted octanol–water partition coefficient (Wildman–Crippen LogP) is 1.27. The Morgan fingerprint density at radius 3 is 2.88 bits per heavy atom. The summed E-state index contributed by atoms with van der Waals surface area (Å²) in [6.07, 6.45) is 5.74. The number of carbonyl (C=O) groups excluding carboxylic acids is 1. The first kappa shape index (κ1) is 16.7. The Balaban J connectivity index is 1.67. The summed E-state index contributed by atoms with van der Waals surface area (Å²) in [5, 5.41) is 3.06. The van der Waals surface area contributed by atoms with Crippen LogP contribution in [0, 0.1) is 0 Å². The van der Waals surface area contributed by atoms with E-state index in [2.05, 4.69) is 20.2 Å². The second-order valence-corrected chi connectivity index (χ2v) is 6.49. The molecule has 7 nitrogen and oxygen atoms in total. The van der Waals surface area contributed by atoms with Gasteiger partial charge >= 0.3 is 0 Å². The maximum absolute atomic E-state index is 12.3. The van der Waals surface area contributed by atoms with Crippen LogP contribution in [-0.2, 0) is 9.53 Å². The quantitative estimate of drug-likeness (QED) is 0.789. The molecular weight excluding hydrogens is 306 g/mol. The molecule has 1 aromatic rings. The van der Waals surface area contributed by atoms with E-state index in [4.69, 9.17) is 10.5 Å². The summed E-state index contributed by atoms with van der Waals surface area (Å²) in [6.45, 7) is 3.21. The fraction of sp³-hybridized carbons (Fsp3) is 0.588. The van der Waals surface area contributed by atoms with Crippen LogP contribution in [0.15, 0.2) is 23.5 Å². The zero-order valence-corrected chi connectivity index (χ0v) is 14.3. The molecule has 2 aliphatic rings. The van der Waals surface area contributed by atoms with Crippen LogP contribution in [0.4, 0.5) is 11.6 Å². The number of aromatic nitrogens is 2. The van der Waals surface area contributed by atoms with E-state index < -0.39 is 0 Å². The molecule has 3 N–H and O–H groups in total. The molecule has 130 valence electrons. The van der Waals surface area contributed by atoms with E-state index in [-0.39, 0.29) is 18.1 Å². The highest BCUT2D eigenvalue weighted by Crippen LogP contribution is 2.29. The van der Waals surface area contributed by atoms with Gasteiger partial charge in [-0.2, -0.15) is 0 Å². The highest BCUT2D eigenvalue weighted by atomic mass is 16.5. The first-order chi connectivity index (χ1) is 11.6. The highest BCUT2D eigenvalue weighted by molar-refractivity contribution is 5.93. The first-order valence-electron chi connectivity index (χ1n) is 8.42. The van der Waals surface area contributed by atoms with Gasteiger partial charge in [-0.25, -0.2) is 9.97 Å². The Morgan fingerprint density at radius 2 is 2.25 bits per heavy atom. The van der Waals surface area contributed by atoms with Crippen molar-refractivity contribution in [1.29, 1.82) is 0 Å². The van der Waals surface area contributed by atoms with Gasteiger partial charge in [0.2, 0.25) is 5.91 Å². The third-order valence-corrected chi connectivity index (χ3v) is 5.00. The first-order valence-corrected chi connectivity index (χ1v) is 8.42. The molecule has 1 aliphatic carbocycles. The Kier molecular flexibility index (Phi) is 4.99. The van der Waals surface area contributed by atoms with E-state index in [9.17, 15) is 4.79 Å². The summed E-state index contributed by atoms with van der Waals surface area (Å²) >= 11 is 0. The fourth-order valence-electron chi connectivity index (χ4n) is 3.27. The Bertz CT molecular complexity index is 640. The molecule has 0 spiro atoms. The Morgan fingerprint density at radius 1 is 1.46 bits per heavy atom. The van der Waals surface area contributed by atoms with Crippen LogP contribution in [0.25, 0.3) is 0 Å². The summed E-state index contributed by atoms with van der Waals surface area (Å²) in [4.78, 5) is 22.7. The second-order valence-electron chi connectivity index (χ2n) is 6.49. The van der Waals surface area contributed by atoms with Crippen LogP contribution in [0.5, 0.6) is 0 Å². The van der Waals surface area contributed by atoms with Crippen molar-refractivity contribution >= 4 is 17.5 Å². The van der Waals surface area contributed by atoms with Gasteiger partial charge in [0.1, 0.15) is 18.0 Å². The molecule has 1 saturated carbocycles. The Hall–Kier alpha value is -2.15. The van der Waals surface area contributed by atoms with Gasteiger partial charge in [-0.3, -0.25) is 4.79 Å². The average Bonchev–Trinajstić information content (AvgIpc) is 2.94. The lowest BCUT2D eigenvalue weighted by molar-refractivity contribution is -0.117. The zero-order valence-electron chi connectivity index (χ0n) is 14.3. The van der Waals surface area contributed by atoms with E-state index >= 15 is 0 Å². The number of anilines is 2. The van der Waals surface area contributed by atoms with E-state index in [1.807, 2.05) is 6.92 Å². The van der Waals surface area contributed by atoms with Gasteiger partial charge in [0.05, 0.1) is 12.1 Å². The Labute approximate surface area is 142 Å². The minimum atomic E-state index is 0.0349. The van der Waals surface area contributed by atoms with Crippen LogP contribution in [-0.4, -0.2) is 48.2 Å². The normalized spacial score (nSPS) is 23.1. The minimum Gasteiger partial charge on any atom is -0.384 e. The molecule has 0 radical (unpaired) electrons. The lowest BCUT2D eigenvalue weighted by Gasteiger charge is -2.26. The van der Waals surface area contributed by atoms with Crippen molar-refractivity contribution in [3.8, 4) is 0 Å². The van der Waals surface area contributed by atoms with Crippen molar-refractivity contribution in [2.75, 3.05) is 30.8 Å². The summed E-state index contributed by atoms with van der Waals surface area (Å²) in [7, 11) is 1.71. The molecule has 1 aliphatic heterocycles. The molecule has 1 amide bonds. The van der Waals surface area contributed by atoms with Crippen LogP contribution in [0.2, 0.25) is 0 Å². The monoisotopic (exact) mass is 331 g/mol. The van der Waals surface area contributed by atoms with Gasteiger partial charge in [0, 0.05) is 31.8 Å². The predicted molar refractivity (Wildman–Crippen MR) is 92.6 cm³/mol. The summed E-state index contributed by atoms with van der Waals surface area (Å²) in [5.74, 6) is 1.25. The minimum absolute atomic E-state index is 0.0349. The van der Waals surface area contributed by atoms with E-state index in [1.54, 1.807) is 13.2 Å². The summed E-state index contributed by atoms with van der Waals surface area (Å²) < 4.78 is 5.50. The number of amides is 1. The number of nitrogens with two attached hydrogens (primary N) is 1. The van der Waals surface area contributed by atoms with Crippen molar-refractivity contribution in [3.63, 3.8) is 0 Å². The van der Waals surface area contributed by atoms with Crippen LogP contribution < -0.4 is 16.0 Å². The zero-order chi connectivity index (χ0) is 17.1. The standard InChI is InChI=1S/C17H25N5O2/c1-11(12-4-3-5-12)17(23)19-8-13-6-14(24-2)9-22(13)16-7-15(18)20-10-21-16/h7,10,13-14H,3-6,8-9H2,1-2H3,(H,19,23)(H2,18,20,21)/t13-,14-/m1/s1. The van der Waals surface area contributed by atoms with E-state index in [0.717, 1.165) is 37.2 Å². The average molecular weight is 331 g/mol. The maximum Gasteiger partial charge on any atom is 0.246 e. The number of hydrogen-bond donors (Lipinski definition) is 2. The van der Waals surface area contributed by atoms with Crippen molar-refractivity contribution in [2.45, 2.75) is 44.8 Å². The number of nitrogen functional groups attached to an aromatic ring is 1. The van der Waals surface area contributed by atoms with Crippen molar-refractivity contribution in [2.24, 2.45) is 0 Å². The molecule has 0 unspecified atom stereocenters. The van der Waals surface area contributed by atoms with Gasteiger partial charge in [-0.1, -0.05) is 5.57 Å². The van der Waals surface area contributed by atoms with E-state index in [0.29, 0.717) is 12.4 Å². The van der Waals surface area contributed by atoms with Crippen LogP contribution >= 0.6 is 0 Å². The molecule has 1 saturated heterocycles. The molecule has 2 heterocycles. The number of methoxy groups -OCH3 is 1. The lowest BCUT2D eigenvalue weighted by atomic mass is 9.88. The number of hydrogen-bond acceptors (Lipinski definition) is 6.